The number of ether oxygens (including phenoxy) is 1. The van der Waals surface area contributed by atoms with Crippen LogP contribution in [-0.4, -0.2) is 13.7 Å². The summed E-state index contributed by atoms with van der Waals surface area (Å²) in [6, 6.07) is 10.7. The number of rotatable bonds is 4. The summed E-state index contributed by atoms with van der Waals surface area (Å²) in [5, 5.41) is 0.0218. The van der Waals surface area contributed by atoms with Gasteiger partial charge in [-0.1, -0.05) is 12.1 Å². The molecule has 1 saturated carbocycles. The first kappa shape index (κ1) is 21.7. The molecule has 8 nitrogen and oxygen atoms in total. The summed E-state index contributed by atoms with van der Waals surface area (Å²) in [4.78, 5) is 40.4. The highest BCUT2D eigenvalue weighted by Gasteiger charge is 2.32. The Bertz CT molecular complexity index is 1660. The molecule has 1 aliphatic rings. The van der Waals surface area contributed by atoms with E-state index in [0.29, 0.717) is 29.8 Å². The largest absolute Gasteiger partial charge is 0.456 e. The van der Waals surface area contributed by atoms with Crippen LogP contribution in [0.1, 0.15) is 30.0 Å². The fourth-order valence-electron chi connectivity index (χ4n) is 4.25. The highest BCUT2D eigenvalue weighted by atomic mass is 19.1. The second-order valence-electron chi connectivity index (χ2n) is 8.67. The fourth-order valence-corrected chi connectivity index (χ4v) is 4.25. The van der Waals surface area contributed by atoms with Crippen LogP contribution in [0.25, 0.3) is 16.7 Å². The molecule has 9 heteroatoms. The van der Waals surface area contributed by atoms with Crippen molar-refractivity contribution in [1.82, 2.24) is 13.7 Å². The zero-order valence-corrected chi connectivity index (χ0v) is 19.0. The van der Waals surface area contributed by atoms with Crippen molar-refractivity contribution >= 4 is 16.7 Å². The lowest BCUT2D eigenvalue weighted by atomic mass is 10.1. The molecule has 1 aliphatic carbocycles. The first-order valence-corrected chi connectivity index (χ1v) is 10.9. The number of nitrogens with two attached hydrogens (primary N) is 1. The molecular weight excluding hydrogens is 439 g/mol. The topological polar surface area (TPSA) is 101 Å². The Morgan fingerprint density at radius 1 is 1.03 bits per heavy atom. The second-order valence-corrected chi connectivity index (χ2v) is 8.67. The molecule has 174 valence electrons. The monoisotopic (exact) mass is 462 g/mol. The number of hydrogen-bond acceptors (Lipinski definition) is 5. The number of pyridine rings is 1. The highest BCUT2D eigenvalue weighted by molar-refractivity contribution is 5.85. The van der Waals surface area contributed by atoms with Gasteiger partial charge in [-0.05, 0) is 56.5 Å². The molecule has 2 N–H and O–H groups in total. The van der Waals surface area contributed by atoms with Gasteiger partial charge in [-0.3, -0.25) is 18.7 Å². The van der Waals surface area contributed by atoms with E-state index in [1.54, 1.807) is 44.2 Å². The predicted molar refractivity (Wildman–Crippen MR) is 128 cm³/mol. The van der Waals surface area contributed by atoms with Crippen molar-refractivity contribution in [2.75, 3.05) is 5.73 Å². The summed E-state index contributed by atoms with van der Waals surface area (Å²) in [5.74, 6) is -0.297. The SMILES string of the molecule is Cc1ccc(-n2c(=O)n(C3CC3)c(=O)c3c(Oc4cccc(N)c4)c(C)c(=O)n(C)c32)c(F)c1. The minimum Gasteiger partial charge on any atom is -0.456 e. The number of aromatic nitrogens is 3. The van der Waals surface area contributed by atoms with Gasteiger partial charge in [0.25, 0.3) is 11.1 Å². The van der Waals surface area contributed by atoms with E-state index in [2.05, 4.69) is 0 Å². The number of anilines is 1. The van der Waals surface area contributed by atoms with Crippen LogP contribution in [-0.2, 0) is 7.05 Å². The minimum atomic E-state index is -0.698. The van der Waals surface area contributed by atoms with Crippen molar-refractivity contribution in [1.29, 1.82) is 0 Å². The van der Waals surface area contributed by atoms with E-state index in [9.17, 15) is 14.4 Å². The van der Waals surface area contributed by atoms with Gasteiger partial charge < -0.3 is 10.5 Å². The molecule has 0 atom stereocenters. The van der Waals surface area contributed by atoms with Gasteiger partial charge >= 0.3 is 5.69 Å². The third-order valence-corrected chi connectivity index (χ3v) is 6.11. The molecule has 0 amide bonds. The Hall–Kier alpha value is -4.14. The van der Waals surface area contributed by atoms with E-state index >= 15 is 4.39 Å². The van der Waals surface area contributed by atoms with Crippen LogP contribution in [0.3, 0.4) is 0 Å². The van der Waals surface area contributed by atoms with Gasteiger partial charge in [0.05, 0.1) is 11.3 Å². The molecule has 2 heterocycles. The van der Waals surface area contributed by atoms with Crippen molar-refractivity contribution in [3.8, 4) is 17.2 Å². The first-order chi connectivity index (χ1) is 16.2. The highest BCUT2D eigenvalue weighted by Crippen LogP contribution is 2.35. The first-order valence-electron chi connectivity index (χ1n) is 10.9. The lowest BCUT2D eigenvalue weighted by Crippen LogP contribution is -2.41. The van der Waals surface area contributed by atoms with Crippen LogP contribution in [0.5, 0.6) is 11.5 Å². The fraction of sp³-hybridized carbons (Fsp3) is 0.240. The molecule has 4 aromatic rings. The Labute approximate surface area is 193 Å². The molecule has 34 heavy (non-hydrogen) atoms. The average molecular weight is 462 g/mol. The van der Waals surface area contributed by atoms with E-state index in [4.69, 9.17) is 10.5 Å². The summed E-state index contributed by atoms with van der Waals surface area (Å²) >= 11 is 0. The number of fused-ring (bicyclic) bond motifs is 1. The van der Waals surface area contributed by atoms with E-state index in [1.165, 1.54) is 23.7 Å². The zero-order valence-electron chi connectivity index (χ0n) is 19.0. The lowest BCUT2D eigenvalue weighted by Gasteiger charge is -2.20. The molecule has 0 spiro atoms. The van der Waals surface area contributed by atoms with Gasteiger partial charge in [-0.15, -0.1) is 0 Å². The van der Waals surface area contributed by atoms with Crippen molar-refractivity contribution in [2.24, 2.45) is 7.05 Å². The van der Waals surface area contributed by atoms with Gasteiger partial charge in [0.15, 0.2) is 5.75 Å². The quantitative estimate of drug-likeness (QED) is 0.469. The van der Waals surface area contributed by atoms with Crippen LogP contribution < -0.4 is 27.3 Å². The van der Waals surface area contributed by atoms with Gasteiger partial charge in [-0.2, -0.15) is 0 Å². The lowest BCUT2D eigenvalue weighted by molar-refractivity contribution is 0.480. The van der Waals surface area contributed by atoms with Gasteiger partial charge in [0.2, 0.25) is 0 Å². The summed E-state index contributed by atoms with van der Waals surface area (Å²) in [7, 11) is 1.45. The summed E-state index contributed by atoms with van der Waals surface area (Å²) in [6.07, 6.45) is 1.32. The maximum atomic E-state index is 15.1. The zero-order chi connectivity index (χ0) is 24.3. The van der Waals surface area contributed by atoms with Crippen molar-refractivity contribution in [3.05, 3.63) is 90.6 Å². The number of nitrogen functional groups attached to an aromatic ring is 1. The van der Waals surface area contributed by atoms with Crippen LogP contribution in [0, 0.1) is 19.7 Å². The predicted octanol–water partition coefficient (Wildman–Crippen LogP) is 3.32. The number of nitrogens with zero attached hydrogens (tertiary/aromatic N) is 3. The normalized spacial score (nSPS) is 13.4. The molecule has 0 radical (unpaired) electrons. The molecule has 0 aliphatic heterocycles. The molecule has 0 unspecified atom stereocenters. The van der Waals surface area contributed by atoms with E-state index in [0.717, 1.165) is 9.13 Å². The molecule has 5 rings (SSSR count). The van der Waals surface area contributed by atoms with Gasteiger partial charge in [-0.25, -0.2) is 13.8 Å². The van der Waals surface area contributed by atoms with Crippen LogP contribution >= 0.6 is 0 Å². The average Bonchev–Trinajstić information content (AvgIpc) is 3.61. The van der Waals surface area contributed by atoms with Crippen LogP contribution in [0.15, 0.2) is 56.8 Å². The molecule has 0 bridgehead atoms. The Kier molecular flexibility index (Phi) is 4.93. The van der Waals surface area contributed by atoms with Crippen LogP contribution in [0.2, 0.25) is 0 Å². The van der Waals surface area contributed by atoms with E-state index in [-0.39, 0.29) is 34.1 Å². The van der Waals surface area contributed by atoms with Crippen LogP contribution in [0.4, 0.5) is 10.1 Å². The molecule has 2 aromatic carbocycles. The third-order valence-electron chi connectivity index (χ3n) is 6.11. The smallest absolute Gasteiger partial charge is 0.337 e. The number of benzene rings is 2. The van der Waals surface area contributed by atoms with Crippen molar-refractivity contribution in [3.63, 3.8) is 0 Å². The number of halogens is 1. The van der Waals surface area contributed by atoms with E-state index < -0.39 is 22.6 Å². The Morgan fingerprint density at radius 2 is 1.76 bits per heavy atom. The summed E-state index contributed by atoms with van der Waals surface area (Å²) < 4.78 is 24.6. The maximum Gasteiger partial charge on any atom is 0.337 e. The van der Waals surface area contributed by atoms with E-state index in [1.807, 2.05) is 0 Å². The number of hydrogen-bond donors (Lipinski definition) is 1. The van der Waals surface area contributed by atoms with Gasteiger partial charge in [0, 0.05) is 24.8 Å². The summed E-state index contributed by atoms with van der Waals surface area (Å²) in [6.45, 7) is 3.28. The molecule has 2 aromatic heterocycles. The summed E-state index contributed by atoms with van der Waals surface area (Å²) in [5.41, 5.74) is 5.32. The van der Waals surface area contributed by atoms with Crippen molar-refractivity contribution < 1.29 is 9.13 Å². The standard InChI is InChI=1S/C25H23FN4O4/c1-13-7-10-19(18(26)11-13)30-22-20(24(32)29(25(30)33)16-8-9-16)21(14(2)23(31)28(22)3)34-17-6-4-5-15(27)12-17/h4-7,10-12,16H,8-9,27H2,1-3H3. The minimum absolute atomic E-state index is 0.0179. The Balaban J connectivity index is 1.97. The van der Waals surface area contributed by atoms with Crippen molar-refractivity contribution in [2.45, 2.75) is 32.7 Å². The number of aryl methyl sites for hydroxylation is 2. The Morgan fingerprint density at radius 3 is 2.41 bits per heavy atom. The molecule has 1 fully saturated rings. The third kappa shape index (κ3) is 3.32. The maximum absolute atomic E-state index is 15.1. The molecular formula is C25H23FN4O4. The van der Waals surface area contributed by atoms with Gasteiger partial charge in [0.1, 0.15) is 22.6 Å². The second kappa shape index (κ2) is 7.72. The molecule has 0 saturated heterocycles.